The number of carbonyl (C=O) groups is 2. The van der Waals surface area contributed by atoms with Crippen molar-refractivity contribution in [1.82, 2.24) is 10.6 Å². The maximum absolute atomic E-state index is 12.3. The molecule has 0 spiro atoms. The van der Waals surface area contributed by atoms with Crippen LogP contribution in [-0.4, -0.2) is 17.9 Å². The molecule has 2 heterocycles. The maximum Gasteiger partial charge on any atom is 0.243 e. The molecule has 1 aromatic rings. The molecule has 0 radical (unpaired) electrons. The fourth-order valence-corrected chi connectivity index (χ4v) is 3.58. The van der Waals surface area contributed by atoms with E-state index in [-0.39, 0.29) is 23.9 Å². The molecule has 5 heteroatoms. The molecule has 1 aromatic heterocycles. The SMILES string of the molecule is CCC(CC)[C@H](NC(=O)[C@@H]1CCC(=O)N1)c1cccs1. The van der Waals surface area contributed by atoms with Crippen molar-refractivity contribution in [3.63, 3.8) is 0 Å². The fraction of sp³-hybridized carbons (Fsp3) is 0.600. The number of hydrogen-bond acceptors (Lipinski definition) is 3. The molecule has 1 fully saturated rings. The third-order valence-electron chi connectivity index (χ3n) is 3.98. The number of thiophene rings is 1. The smallest absolute Gasteiger partial charge is 0.243 e. The Morgan fingerprint density at radius 3 is 2.75 bits per heavy atom. The van der Waals surface area contributed by atoms with Gasteiger partial charge in [0.25, 0.3) is 0 Å². The third kappa shape index (κ3) is 3.39. The summed E-state index contributed by atoms with van der Waals surface area (Å²) in [6.07, 6.45) is 3.10. The van der Waals surface area contributed by atoms with Crippen LogP contribution < -0.4 is 10.6 Å². The van der Waals surface area contributed by atoms with Crippen molar-refractivity contribution in [2.75, 3.05) is 0 Å². The van der Waals surface area contributed by atoms with Crippen LogP contribution in [0.2, 0.25) is 0 Å². The van der Waals surface area contributed by atoms with E-state index in [1.54, 1.807) is 11.3 Å². The summed E-state index contributed by atoms with van der Waals surface area (Å²) in [5.74, 6) is 0.344. The van der Waals surface area contributed by atoms with Crippen molar-refractivity contribution in [2.24, 2.45) is 5.92 Å². The topological polar surface area (TPSA) is 58.2 Å². The second-order valence-corrected chi connectivity index (χ2v) is 6.22. The first-order chi connectivity index (χ1) is 9.65. The first kappa shape index (κ1) is 15.0. The van der Waals surface area contributed by atoms with Crippen LogP contribution >= 0.6 is 11.3 Å². The van der Waals surface area contributed by atoms with E-state index >= 15 is 0 Å². The lowest BCUT2D eigenvalue weighted by Gasteiger charge is -2.26. The van der Waals surface area contributed by atoms with Crippen molar-refractivity contribution in [1.29, 1.82) is 0 Å². The lowest BCUT2D eigenvalue weighted by atomic mass is 9.92. The summed E-state index contributed by atoms with van der Waals surface area (Å²) in [5, 5.41) is 7.91. The number of rotatable bonds is 6. The highest BCUT2D eigenvalue weighted by atomic mass is 32.1. The van der Waals surface area contributed by atoms with E-state index in [4.69, 9.17) is 0 Å². The highest BCUT2D eigenvalue weighted by molar-refractivity contribution is 7.10. The lowest BCUT2D eigenvalue weighted by Crippen LogP contribution is -2.44. The summed E-state index contributed by atoms with van der Waals surface area (Å²) in [6.45, 7) is 4.30. The molecule has 2 atom stereocenters. The molecule has 2 rings (SSSR count). The summed E-state index contributed by atoms with van der Waals surface area (Å²) >= 11 is 1.67. The minimum Gasteiger partial charge on any atom is -0.346 e. The predicted octanol–water partition coefficient (Wildman–Crippen LogP) is 2.62. The van der Waals surface area contributed by atoms with Crippen LogP contribution in [0.1, 0.15) is 50.4 Å². The van der Waals surface area contributed by atoms with Gasteiger partial charge in [0.05, 0.1) is 6.04 Å². The van der Waals surface area contributed by atoms with Gasteiger partial charge in [-0.15, -0.1) is 11.3 Å². The van der Waals surface area contributed by atoms with Gasteiger partial charge in [0.1, 0.15) is 6.04 Å². The monoisotopic (exact) mass is 294 g/mol. The second-order valence-electron chi connectivity index (χ2n) is 5.24. The normalized spacial score (nSPS) is 19.9. The van der Waals surface area contributed by atoms with Gasteiger partial charge in [0, 0.05) is 11.3 Å². The minimum atomic E-state index is -0.362. The van der Waals surface area contributed by atoms with E-state index in [1.165, 1.54) is 4.88 Å². The quantitative estimate of drug-likeness (QED) is 0.847. The van der Waals surface area contributed by atoms with Crippen molar-refractivity contribution in [3.05, 3.63) is 22.4 Å². The summed E-state index contributed by atoms with van der Waals surface area (Å²) in [7, 11) is 0. The van der Waals surface area contributed by atoms with Crippen LogP contribution in [0.3, 0.4) is 0 Å². The van der Waals surface area contributed by atoms with Gasteiger partial charge >= 0.3 is 0 Å². The Morgan fingerprint density at radius 2 is 2.25 bits per heavy atom. The van der Waals surface area contributed by atoms with Gasteiger partial charge in [-0.05, 0) is 23.8 Å². The molecule has 2 N–H and O–H groups in total. The maximum atomic E-state index is 12.3. The largest absolute Gasteiger partial charge is 0.346 e. The number of carbonyl (C=O) groups excluding carboxylic acids is 2. The second kappa shape index (κ2) is 6.88. The molecule has 0 bridgehead atoms. The lowest BCUT2D eigenvalue weighted by molar-refractivity contribution is -0.126. The van der Waals surface area contributed by atoms with E-state index in [9.17, 15) is 9.59 Å². The van der Waals surface area contributed by atoms with Crippen LogP contribution in [-0.2, 0) is 9.59 Å². The predicted molar refractivity (Wildman–Crippen MR) is 80.4 cm³/mol. The Hall–Kier alpha value is -1.36. The van der Waals surface area contributed by atoms with E-state index in [0.29, 0.717) is 18.8 Å². The summed E-state index contributed by atoms with van der Waals surface area (Å²) in [4.78, 5) is 24.7. The molecule has 1 aliphatic rings. The van der Waals surface area contributed by atoms with Crippen molar-refractivity contribution in [3.8, 4) is 0 Å². The van der Waals surface area contributed by atoms with E-state index in [0.717, 1.165) is 12.8 Å². The Kier molecular flexibility index (Phi) is 5.17. The molecule has 2 amide bonds. The van der Waals surface area contributed by atoms with Gasteiger partial charge in [0.2, 0.25) is 11.8 Å². The highest BCUT2D eigenvalue weighted by Crippen LogP contribution is 2.30. The summed E-state index contributed by atoms with van der Waals surface area (Å²) < 4.78 is 0. The Morgan fingerprint density at radius 1 is 1.50 bits per heavy atom. The van der Waals surface area contributed by atoms with E-state index in [1.807, 2.05) is 11.4 Å². The van der Waals surface area contributed by atoms with Gasteiger partial charge in [-0.3, -0.25) is 9.59 Å². The molecule has 0 saturated carbocycles. The zero-order valence-electron chi connectivity index (χ0n) is 12.0. The highest BCUT2D eigenvalue weighted by Gasteiger charge is 2.31. The Balaban J connectivity index is 2.07. The number of amides is 2. The molecule has 0 aromatic carbocycles. The van der Waals surface area contributed by atoms with Crippen LogP contribution in [0.15, 0.2) is 17.5 Å². The average Bonchev–Trinajstić information content (AvgIpc) is 3.09. The van der Waals surface area contributed by atoms with E-state index < -0.39 is 0 Å². The molecule has 20 heavy (non-hydrogen) atoms. The van der Waals surface area contributed by atoms with Gasteiger partial charge in [-0.25, -0.2) is 0 Å². The van der Waals surface area contributed by atoms with Crippen LogP contribution in [0, 0.1) is 5.92 Å². The number of hydrogen-bond donors (Lipinski definition) is 2. The Bertz CT molecular complexity index is 454. The molecule has 0 aliphatic carbocycles. The van der Waals surface area contributed by atoms with Gasteiger partial charge in [-0.2, -0.15) is 0 Å². The van der Waals surface area contributed by atoms with Gasteiger partial charge in [0.15, 0.2) is 0 Å². The van der Waals surface area contributed by atoms with Gasteiger partial charge in [-0.1, -0.05) is 32.8 Å². The fourth-order valence-electron chi connectivity index (χ4n) is 2.71. The molecule has 1 saturated heterocycles. The molecule has 4 nitrogen and oxygen atoms in total. The molecule has 0 unspecified atom stereocenters. The Labute approximate surface area is 124 Å². The first-order valence-corrected chi connectivity index (χ1v) is 8.16. The van der Waals surface area contributed by atoms with Crippen molar-refractivity contribution < 1.29 is 9.59 Å². The average molecular weight is 294 g/mol. The van der Waals surface area contributed by atoms with Crippen LogP contribution in [0.25, 0.3) is 0 Å². The molecular formula is C15H22N2O2S. The first-order valence-electron chi connectivity index (χ1n) is 7.28. The third-order valence-corrected chi connectivity index (χ3v) is 4.93. The molecular weight excluding hydrogens is 272 g/mol. The molecule has 1 aliphatic heterocycles. The van der Waals surface area contributed by atoms with Crippen LogP contribution in [0.5, 0.6) is 0 Å². The van der Waals surface area contributed by atoms with Crippen molar-refractivity contribution >= 4 is 23.2 Å². The summed E-state index contributed by atoms with van der Waals surface area (Å²) in [6, 6.07) is 3.77. The van der Waals surface area contributed by atoms with Gasteiger partial charge < -0.3 is 10.6 Å². The minimum absolute atomic E-state index is 0.0274. The van der Waals surface area contributed by atoms with Crippen molar-refractivity contribution in [2.45, 2.75) is 51.6 Å². The number of nitrogens with one attached hydrogen (secondary N) is 2. The zero-order valence-corrected chi connectivity index (χ0v) is 12.8. The summed E-state index contributed by atoms with van der Waals surface area (Å²) in [5.41, 5.74) is 0. The van der Waals surface area contributed by atoms with Crippen LogP contribution in [0.4, 0.5) is 0 Å². The standard InChI is InChI=1S/C15H22N2O2S/c1-3-10(4-2)14(12-6-5-9-20-12)17-15(19)11-7-8-13(18)16-11/h5-6,9-11,14H,3-4,7-8H2,1-2H3,(H,16,18)(H,17,19)/t11-,14-/m0/s1. The zero-order chi connectivity index (χ0) is 14.5. The molecule has 110 valence electrons. The van der Waals surface area contributed by atoms with E-state index in [2.05, 4.69) is 30.5 Å².